The molecule has 0 bridgehead atoms. The van der Waals surface area contributed by atoms with E-state index in [1.807, 2.05) is 0 Å². The van der Waals surface area contributed by atoms with Gasteiger partial charge in [-0.2, -0.15) is 0 Å². The van der Waals surface area contributed by atoms with Crippen LogP contribution in [-0.2, 0) is 99.8 Å². The highest BCUT2D eigenvalue weighted by atomic mass is 16.6. The molecular formula is C61H118N5O21+5. The van der Waals surface area contributed by atoms with Crippen LogP contribution in [0.2, 0.25) is 0 Å². The first-order valence-corrected chi connectivity index (χ1v) is 32.8. The number of carbonyl (C=O) groups is 5. The molecule has 2 aliphatic carbocycles. The minimum Gasteiger partial charge on any atom is -0.460 e. The lowest BCUT2D eigenvalue weighted by atomic mass is 9.89. The summed E-state index contributed by atoms with van der Waals surface area (Å²) in [6.45, 7) is 29.8. The van der Waals surface area contributed by atoms with E-state index in [2.05, 4.69) is 0 Å². The third-order valence-corrected chi connectivity index (χ3v) is 15.8. The number of nitrogens with one attached hydrogen (secondary N) is 5. The van der Waals surface area contributed by atoms with Crippen LogP contribution in [0.1, 0.15) is 77.0 Å². The molecular weight excluding hydrogens is 1140 g/mol. The van der Waals surface area contributed by atoms with Gasteiger partial charge in [0.25, 0.3) is 0 Å². The highest BCUT2D eigenvalue weighted by Gasteiger charge is 2.26. The summed E-state index contributed by atoms with van der Waals surface area (Å²) in [5, 5.41) is 0. The topological polar surface area (TPSA) is 255 Å². The van der Waals surface area contributed by atoms with E-state index in [0.717, 1.165) is 190 Å². The van der Waals surface area contributed by atoms with Crippen LogP contribution < -0.4 is 24.5 Å². The molecule has 7 aliphatic rings. The van der Waals surface area contributed by atoms with E-state index in [4.69, 9.17) is 75.8 Å². The summed E-state index contributed by atoms with van der Waals surface area (Å²) in [5.41, 5.74) is 0. The second-order valence-electron chi connectivity index (χ2n) is 22.4. The molecule has 26 nitrogen and oxygen atoms in total. The normalized spacial score (nSPS) is 19.3. The molecule has 7 fully saturated rings. The Morgan fingerprint density at radius 3 is 0.828 bits per heavy atom. The zero-order chi connectivity index (χ0) is 62.3. The molecule has 5 N–H and O–H groups in total. The van der Waals surface area contributed by atoms with Gasteiger partial charge >= 0.3 is 29.8 Å². The molecule has 0 radical (unpaired) electrons. The molecule has 2 saturated carbocycles. The number of esters is 5. The van der Waals surface area contributed by atoms with E-state index in [1.54, 1.807) is 21.3 Å². The molecule has 0 aromatic heterocycles. The maximum absolute atomic E-state index is 11.8. The molecule has 0 unspecified atom stereocenters. The van der Waals surface area contributed by atoms with Crippen molar-refractivity contribution in [3.05, 3.63) is 0 Å². The van der Waals surface area contributed by atoms with Crippen molar-refractivity contribution in [2.24, 2.45) is 11.8 Å². The summed E-state index contributed by atoms with van der Waals surface area (Å²) in [6, 6.07) is 0. The number of methoxy groups -OCH3 is 3. The zero-order valence-corrected chi connectivity index (χ0v) is 53.8. The molecule has 0 aromatic carbocycles. The molecule has 0 aromatic rings. The van der Waals surface area contributed by atoms with Crippen molar-refractivity contribution in [2.45, 2.75) is 77.0 Å². The summed E-state index contributed by atoms with van der Waals surface area (Å²) < 4.78 is 82.6. The van der Waals surface area contributed by atoms with E-state index in [1.165, 1.54) is 56.6 Å². The second-order valence-corrected chi connectivity index (χ2v) is 22.4. The Morgan fingerprint density at radius 2 is 0.540 bits per heavy atom. The van der Waals surface area contributed by atoms with E-state index >= 15 is 0 Å². The predicted molar refractivity (Wildman–Crippen MR) is 317 cm³/mol. The average Bonchev–Trinajstić information content (AvgIpc) is 4.26. The number of hydrogen-bond donors (Lipinski definition) is 5. The lowest BCUT2D eigenvalue weighted by molar-refractivity contribution is -0.908. The first kappa shape index (κ1) is 78.0. The molecule has 87 heavy (non-hydrogen) atoms. The zero-order valence-electron chi connectivity index (χ0n) is 53.8. The monoisotopic (exact) mass is 1260 g/mol. The lowest BCUT2D eigenvalue weighted by Crippen LogP contribution is -3.14. The van der Waals surface area contributed by atoms with E-state index in [9.17, 15) is 24.0 Å². The Bertz CT molecular complexity index is 1660. The van der Waals surface area contributed by atoms with Crippen molar-refractivity contribution in [2.75, 3.05) is 278 Å². The van der Waals surface area contributed by atoms with Gasteiger partial charge in [0, 0.05) is 21.3 Å². The van der Waals surface area contributed by atoms with Gasteiger partial charge in [0.05, 0.1) is 157 Å². The molecule has 5 aliphatic heterocycles. The van der Waals surface area contributed by atoms with Crippen molar-refractivity contribution in [3.8, 4) is 0 Å². The van der Waals surface area contributed by atoms with E-state index in [-0.39, 0.29) is 48.1 Å². The van der Waals surface area contributed by atoms with Crippen LogP contribution >= 0.6 is 0 Å². The minimum absolute atomic E-state index is 0.0326. The number of ether oxygens (including phenoxy) is 16. The van der Waals surface area contributed by atoms with Crippen LogP contribution in [0, 0.1) is 11.8 Å². The van der Waals surface area contributed by atoms with Crippen LogP contribution in [-0.4, -0.2) is 308 Å². The van der Waals surface area contributed by atoms with Gasteiger partial charge < -0.3 is 100 Å². The second kappa shape index (κ2) is 55.5. The summed E-state index contributed by atoms with van der Waals surface area (Å²) in [7, 11) is 4.82. The highest BCUT2D eigenvalue weighted by molar-refractivity contribution is 5.73. The molecule has 5 heterocycles. The number of rotatable bonds is 35. The van der Waals surface area contributed by atoms with E-state index in [0.29, 0.717) is 105 Å². The Morgan fingerprint density at radius 1 is 0.299 bits per heavy atom. The fourth-order valence-electron chi connectivity index (χ4n) is 10.2. The smallest absolute Gasteiger partial charge is 0.309 e. The SMILES string of the molecule is COCCC(=O)OCC[NH+]1CCOCC1.COCCOCCC(=O)OCC[NH+]1CCOCC1.COCCOCCOCCC(=O)OCC[NH+]1CCOCC1.O=C(OCC[NH+]1CCOCC1)C1CCCC1.O=C(OCC[NH+]1CCOCC1)C1CCCCC1. The van der Waals surface area contributed by atoms with Crippen molar-refractivity contribution in [1.29, 1.82) is 0 Å². The Kier molecular flexibility index (Phi) is 49.8. The van der Waals surface area contributed by atoms with E-state index < -0.39 is 0 Å². The minimum atomic E-state index is -0.206. The van der Waals surface area contributed by atoms with Gasteiger partial charge in [0.2, 0.25) is 0 Å². The van der Waals surface area contributed by atoms with Gasteiger partial charge in [0.15, 0.2) is 0 Å². The molecule has 7 rings (SSSR count). The molecule has 5 saturated heterocycles. The predicted octanol–water partition coefficient (Wildman–Crippen LogP) is -4.85. The van der Waals surface area contributed by atoms with Gasteiger partial charge in [-0.25, -0.2) is 0 Å². The van der Waals surface area contributed by atoms with Crippen LogP contribution in [0.25, 0.3) is 0 Å². The summed E-state index contributed by atoms with van der Waals surface area (Å²) in [5.74, 6) is -0.127. The molecule has 508 valence electrons. The standard InChI is InChI=1S/C14H27NO6.C13H23NO3.C12H23NO5.C12H21NO3.C10H19NO4/c1-17-10-11-20-13-12-18-6-2-14(16)21-9-5-15-3-7-19-8-4-15;15-13(12-4-2-1-3-5-12)17-11-8-14-6-9-16-10-7-14;1-15-10-11-16-6-2-12(14)18-9-5-13-3-7-17-8-4-13;14-12(11-3-1-2-4-11)16-10-7-13-5-8-15-9-6-13;1-13-6-2-10(12)15-9-5-11-3-7-14-8-4-11/h2-13H2,1H3;12H,1-11H2;2-11H2,1H3;11H,1-10H2;2-9H2,1H3/p+5. The molecule has 26 heteroatoms. The third kappa shape index (κ3) is 44.0. The fourth-order valence-corrected chi connectivity index (χ4v) is 10.2. The van der Waals surface area contributed by atoms with Crippen molar-refractivity contribution in [3.63, 3.8) is 0 Å². The number of quaternary nitrogens is 5. The molecule has 0 atom stereocenters. The van der Waals surface area contributed by atoms with Crippen molar-refractivity contribution < 1.29 is 124 Å². The van der Waals surface area contributed by atoms with Crippen molar-refractivity contribution in [1.82, 2.24) is 0 Å². The van der Waals surface area contributed by atoms with Crippen LogP contribution in [0.5, 0.6) is 0 Å². The van der Waals surface area contributed by atoms with Crippen molar-refractivity contribution >= 4 is 29.8 Å². The number of morpholine rings is 5. The summed E-state index contributed by atoms with van der Waals surface area (Å²) in [6.07, 6.45) is 11.1. The first-order chi connectivity index (χ1) is 42.7. The fraction of sp³-hybridized carbons (Fsp3) is 0.918. The maximum Gasteiger partial charge on any atom is 0.309 e. The average molecular weight is 1260 g/mol. The van der Waals surface area contributed by atoms with Gasteiger partial charge in [0.1, 0.15) is 131 Å². The Balaban J connectivity index is 0.000000286. The Labute approximate surface area is 519 Å². The first-order valence-electron chi connectivity index (χ1n) is 32.8. The molecule has 0 amide bonds. The number of carbonyl (C=O) groups excluding carboxylic acids is 5. The maximum atomic E-state index is 11.8. The van der Waals surface area contributed by atoms with Crippen LogP contribution in [0.15, 0.2) is 0 Å². The third-order valence-electron chi connectivity index (χ3n) is 15.8. The Hall–Kier alpha value is -3.29. The summed E-state index contributed by atoms with van der Waals surface area (Å²) in [4.78, 5) is 64.6. The van der Waals surface area contributed by atoms with Gasteiger partial charge in [-0.3, -0.25) is 24.0 Å². The lowest BCUT2D eigenvalue weighted by Gasteiger charge is -2.24. The van der Waals surface area contributed by atoms with Gasteiger partial charge in [-0.05, 0) is 25.7 Å². The van der Waals surface area contributed by atoms with Crippen LogP contribution in [0.4, 0.5) is 0 Å². The number of hydrogen-bond acceptors (Lipinski definition) is 21. The highest BCUT2D eigenvalue weighted by Crippen LogP contribution is 2.26. The van der Waals surface area contributed by atoms with Gasteiger partial charge in [-0.15, -0.1) is 0 Å². The quantitative estimate of drug-likeness (QED) is 0.0227. The van der Waals surface area contributed by atoms with Crippen LogP contribution in [0.3, 0.4) is 0 Å². The van der Waals surface area contributed by atoms with Gasteiger partial charge in [-0.1, -0.05) is 32.1 Å². The largest absolute Gasteiger partial charge is 0.460 e. The summed E-state index contributed by atoms with van der Waals surface area (Å²) >= 11 is 0. The molecule has 0 spiro atoms.